The Morgan fingerprint density at radius 1 is 1.17 bits per heavy atom. The maximum absolute atomic E-state index is 8.61. The third kappa shape index (κ3) is 2.40. The molecular formula is C13H9Cl2N3. The van der Waals surface area contributed by atoms with Gasteiger partial charge in [0.1, 0.15) is 5.82 Å². The molecule has 0 aliphatic heterocycles. The minimum Gasteiger partial charge on any atom is -0.383 e. The molecule has 90 valence electrons. The van der Waals surface area contributed by atoms with Crippen LogP contribution in [-0.2, 0) is 6.42 Å². The van der Waals surface area contributed by atoms with E-state index in [1.54, 1.807) is 30.3 Å². The van der Waals surface area contributed by atoms with Gasteiger partial charge in [0.2, 0.25) is 0 Å². The fraction of sp³-hybridized carbons (Fsp3) is 0.0769. The summed E-state index contributed by atoms with van der Waals surface area (Å²) in [5.74, 6) is 0.317. The minimum atomic E-state index is 0.223. The van der Waals surface area contributed by atoms with Crippen molar-refractivity contribution in [2.24, 2.45) is 0 Å². The lowest BCUT2D eigenvalue weighted by Gasteiger charge is -2.10. The van der Waals surface area contributed by atoms with E-state index in [2.05, 4.69) is 4.98 Å². The van der Waals surface area contributed by atoms with Gasteiger partial charge in [-0.1, -0.05) is 29.3 Å². The lowest BCUT2D eigenvalue weighted by Crippen LogP contribution is -1.98. The smallest absolute Gasteiger partial charge is 0.131 e. The first-order valence-corrected chi connectivity index (χ1v) is 5.96. The molecule has 0 bridgehead atoms. The van der Waals surface area contributed by atoms with Crippen molar-refractivity contribution in [2.45, 2.75) is 6.42 Å². The Bertz CT molecular complexity index is 612. The number of hydrogen-bond acceptors (Lipinski definition) is 3. The molecule has 0 saturated heterocycles. The number of benzene rings is 1. The molecule has 3 nitrogen and oxygen atoms in total. The van der Waals surface area contributed by atoms with Crippen LogP contribution in [0, 0.1) is 11.3 Å². The molecule has 1 aromatic carbocycles. The number of aromatic nitrogens is 1. The maximum atomic E-state index is 8.61. The maximum Gasteiger partial charge on any atom is 0.131 e. The van der Waals surface area contributed by atoms with Gasteiger partial charge in [0, 0.05) is 11.1 Å². The molecule has 0 radical (unpaired) electrons. The molecule has 0 spiro atoms. The van der Waals surface area contributed by atoms with Gasteiger partial charge < -0.3 is 5.73 Å². The van der Waals surface area contributed by atoms with Crippen LogP contribution in [0.4, 0.5) is 5.82 Å². The number of anilines is 1. The zero-order valence-electron chi connectivity index (χ0n) is 9.32. The van der Waals surface area contributed by atoms with Crippen molar-refractivity contribution in [1.29, 1.82) is 5.26 Å². The van der Waals surface area contributed by atoms with Crippen molar-refractivity contribution in [3.8, 4) is 17.2 Å². The van der Waals surface area contributed by atoms with Crippen LogP contribution in [0.15, 0.2) is 30.3 Å². The van der Waals surface area contributed by atoms with E-state index in [9.17, 15) is 0 Å². The van der Waals surface area contributed by atoms with Gasteiger partial charge in [-0.3, -0.25) is 0 Å². The Hall–Kier alpha value is -1.76. The summed E-state index contributed by atoms with van der Waals surface area (Å²) in [6.45, 7) is 0. The van der Waals surface area contributed by atoms with Crippen molar-refractivity contribution < 1.29 is 0 Å². The Balaban J connectivity index is 2.56. The molecule has 2 N–H and O–H groups in total. The summed E-state index contributed by atoms with van der Waals surface area (Å²) in [6.07, 6.45) is 0.223. The molecule has 0 saturated carbocycles. The number of hydrogen-bond donors (Lipinski definition) is 1. The summed E-state index contributed by atoms with van der Waals surface area (Å²) in [5.41, 5.74) is 7.85. The van der Waals surface area contributed by atoms with Crippen LogP contribution in [-0.4, -0.2) is 4.98 Å². The number of rotatable bonds is 2. The molecule has 1 heterocycles. The van der Waals surface area contributed by atoms with Gasteiger partial charge in [0.25, 0.3) is 0 Å². The number of nitriles is 1. The number of nitrogens with two attached hydrogens (primary N) is 1. The highest BCUT2D eigenvalue weighted by molar-refractivity contribution is 6.39. The van der Waals surface area contributed by atoms with Crippen LogP contribution in [0.5, 0.6) is 0 Å². The summed E-state index contributed by atoms with van der Waals surface area (Å²) >= 11 is 12.2. The zero-order chi connectivity index (χ0) is 13.1. The predicted octanol–water partition coefficient (Wildman–Crippen LogP) is 3.70. The molecule has 18 heavy (non-hydrogen) atoms. The Morgan fingerprint density at radius 3 is 2.39 bits per heavy atom. The number of nitrogens with zero attached hydrogens (tertiary/aromatic N) is 2. The highest BCUT2D eigenvalue weighted by atomic mass is 35.5. The molecule has 0 unspecified atom stereocenters. The quantitative estimate of drug-likeness (QED) is 0.910. The third-order valence-corrected chi connectivity index (χ3v) is 3.10. The number of pyridine rings is 1. The SMILES string of the molecule is N#CCc1ccc(-c2c(Cl)cccc2Cl)c(N)n1. The van der Waals surface area contributed by atoms with E-state index in [-0.39, 0.29) is 6.42 Å². The van der Waals surface area contributed by atoms with Crippen molar-refractivity contribution in [1.82, 2.24) is 4.98 Å². The van der Waals surface area contributed by atoms with Crippen LogP contribution in [0.2, 0.25) is 10.0 Å². The van der Waals surface area contributed by atoms with Crippen LogP contribution in [0.25, 0.3) is 11.1 Å². The van der Waals surface area contributed by atoms with Crippen molar-refractivity contribution in [2.75, 3.05) is 5.73 Å². The van der Waals surface area contributed by atoms with Gasteiger partial charge in [-0.05, 0) is 24.3 Å². The van der Waals surface area contributed by atoms with E-state index in [4.69, 9.17) is 34.2 Å². The minimum absolute atomic E-state index is 0.223. The van der Waals surface area contributed by atoms with Crippen molar-refractivity contribution >= 4 is 29.0 Å². The summed E-state index contributed by atoms with van der Waals surface area (Å²) in [7, 11) is 0. The Kier molecular flexibility index (Phi) is 3.71. The lowest BCUT2D eigenvalue weighted by atomic mass is 10.1. The van der Waals surface area contributed by atoms with Gasteiger partial charge in [-0.15, -0.1) is 0 Å². The third-order valence-electron chi connectivity index (χ3n) is 2.47. The fourth-order valence-corrected chi connectivity index (χ4v) is 2.26. The van der Waals surface area contributed by atoms with Gasteiger partial charge in [0.15, 0.2) is 0 Å². The van der Waals surface area contributed by atoms with Crippen LogP contribution in [0.1, 0.15) is 5.69 Å². The molecular weight excluding hydrogens is 269 g/mol. The molecule has 2 aromatic rings. The second-order valence-electron chi connectivity index (χ2n) is 3.67. The second-order valence-corrected chi connectivity index (χ2v) is 4.48. The molecule has 0 fully saturated rings. The number of nitrogen functional groups attached to an aromatic ring is 1. The summed E-state index contributed by atoms with van der Waals surface area (Å²) in [6, 6.07) is 10.8. The number of halogens is 2. The highest BCUT2D eigenvalue weighted by Gasteiger charge is 2.12. The summed E-state index contributed by atoms with van der Waals surface area (Å²) in [4.78, 5) is 4.16. The lowest BCUT2D eigenvalue weighted by molar-refractivity contribution is 1.12. The topological polar surface area (TPSA) is 62.7 Å². The van der Waals surface area contributed by atoms with Gasteiger partial charge in [-0.25, -0.2) is 4.98 Å². The molecule has 0 aliphatic rings. The molecule has 0 amide bonds. The van der Waals surface area contributed by atoms with Crippen molar-refractivity contribution in [3.63, 3.8) is 0 Å². The predicted molar refractivity (Wildman–Crippen MR) is 73.4 cm³/mol. The van der Waals surface area contributed by atoms with E-state index in [1.807, 2.05) is 6.07 Å². The van der Waals surface area contributed by atoms with Crippen LogP contribution in [0.3, 0.4) is 0 Å². The average Bonchev–Trinajstić information content (AvgIpc) is 2.32. The largest absolute Gasteiger partial charge is 0.383 e. The fourth-order valence-electron chi connectivity index (χ4n) is 1.66. The first-order chi connectivity index (χ1) is 8.63. The van der Waals surface area contributed by atoms with E-state index < -0.39 is 0 Å². The van der Waals surface area contributed by atoms with E-state index in [1.165, 1.54) is 0 Å². The molecule has 0 atom stereocenters. The normalized spacial score (nSPS) is 10.1. The zero-order valence-corrected chi connectivity index (χ0v) is 10.8. The summed E-state index contributed by atoms with van der Waals surface area (Å²) < 4.78 is 0. The summed E-state index contributed by atoms with van der Waals surface area (Å²) in [5, 5.41) is 9.65. The van der Waals surface area contributed by atoms with E-state index in [0.717, 1.165) is 0 Å². The van der Waals surface area contributed by atoms with Gasteiger partial charge in [-0.2, -0.15) is 5.26 Å². The highest BCUT2D eigenvalue weighted by Crippen LogP contribution is 2.36. The van der Waals surface area contributed by atoms with Crippen LogP contribution >= 0.6 is 23.2 Å². The average molecular weight is 278 g/mol. The second kappa shape index (κ2) is 5.26. The molecule has 5 heteroatoms. The molecule has 1 aromatic heterocycles. The van der Waals surface area contributed by atoms with Crippen molar-refractivity contribution in [3.05, 3.63) is 46.1 Å². The van der Waals surface area contributed by atoms with E-state index in [0.29, 0.717) is 32.7 Å². The first kappa shape index (κ1) is 12.7. The Morgan fingerprint density at radius 2 is 1.83 bits per heavy atom. The molecule has 0 aliphatic carbocycles. The Labute approximate surface area is 115 Å². The van der Waals surface area contributed by atoms with E-state index >= 15 is 0 Å². The first-order valence-electron chi connectivity index (χ1n) is 5.20. The van der Waals surface area contributed by atoms with Crippen LogP contribution < -0.4 is 5.73 Å². The monoisotopic (exact) mass is 277 g/mol. The molecule has 2 rings (SSSR count). The standard InChI is InChI=1S/C13H9Cl2N3/c14-10-2-1-3-11(15)12(10)9-5-4-8(6-7-16)18-13(9)17/h1-5H,6H2,(H2,17,18). The van der Waals surface area contributed by atoms with Gasteiger partial charge >= 0.3 is 0 Å². The van der Waals surface area contributed by atoms with Gasteiger partial charge in [0.05, 0.1) is 28.2 Å².